The molecule has 0 aliphatic rings. The summed E-state index contributed by atoms with van der Waals surface area (Å²) in [4.78, 5) is 2.93. The van der Waals surface area contributed by atoms with E-state index in [0.29, 0.717) is 6.07 Å². The van der Waals surface area contributed by atoms with Gasteiger partial charge in [-0.15, -0.1) is 0 Å². The van der Waals surface area contributed by atoms with E-state index in [4.69, 9.17) is 0 Å². The predicted octanol–water partition coefficient (Wildman–Crippen LogP) is 2.04. The molecule has 7 heteroatoms. The summed E-state index contributed by atoms with van der Waals surface area (Å²) in [7, 11) is 0. The van der Waals surface area contributed by atoms with E-state index < -0.39 is 18.4 Å². The van der Waals surface area contributed by atoms with E-state index in [1.54, 1.807) is 0 Å². The summed E-state index contributed by atoms with van der Waals surface area (Å²) >= 11 is 2.77. The molecule has 0 saturated heterocycles. The van der Waals surface area contributed by atoms with E-state index in [2.05, 4.69) is 20.9 Å². The third kappa shape index (κ3) is 1.97. The van der Waals surface area contributed by atoms with Gasteiger partial charge in [0.25, 0.3) is 0 Å². The van der Waals surface area contributed by atoms with E-state index >= 15 is 0 Å². The van der Waals surface area contributed by atoms with Gasteiger partial charge in [0.2, 0.25) is 0 Å². The van der Waals surface area contributed by atoms with Crippen LogP contribution < -0.4 is 5.46 Å². The molecule has 0 saturated carbocycles. The largest absolute Gasteiger partial charge is 0.514 e. The predicted molar refractivity (Wildman–Crippen MR) is 40.6 cm³/mol. The fourth-order valence-electron chi connectivity index (χ4n) is 0.668. The van der Waals surface area contributed by atoms with Crippen LogP contribution in [0.4, 0.5) is 17.3 Å². The van der Waals surface area contributed by atoms with Crippen molar-refractivity contribution in [1.29, 1.82) is 0 Å². The first-order chi connectivity index (χ1) is 5.41. The first-order valence-corrected chi connectivity index (χ1v) is 3.71. The molecule has 1 aromatic rings. The van der Waals surface area contributed by atoms with Gasteiger partial charge >= 0.3 is 6.98 Å². The number of aromatic nitrogens is 1. The van der Waals surface area contributed by atoms with Crippen LogP contribution >= 0.6 is 15.9 Å². The average Bonchev–Trinajstić information content (AvgIpc) is 1.92. The molecule has 0 bridgehead atoms. The maximum Gasteiger partial charge on any atom is 0.514 e. The molecule has 0 aliphatic carbocycles. The lowest BCUT2D eigenvalue weighted by molar-refractivity contribution is 0.490. The van der Waals surface area contributed by atoms with E-state index in [0.717, 1.165) is 6.20 Å². The Balaban J connectivity index is 3.23. The Morgan fingerprint density at radius 2 is 1.92 bits per heavy atom. The molecular weight excluding hydrogens is 241 g/mol. The van der Waals surface area contributed by atoms with E-state index in [1.165, 1.54) is 0 Å². The molecule has 0 N–H and O–H groups in total. The monoisotopic (exact) mass is 242 g/mol. The zero-order chi connectivity index (χ0) is 9.35. The van der Waals surface area contributed by atoms with Crippen LogP contribution in [0.3, 0.4) is 0 Å². The first-order valence-electron chi connectivity index (χ1n) is 2.92. The number of hydrogen-bond acceptors (Lipinski definition) is 1. The Kier molecular flexibility index (Phi) is 2.41. The highest BCUT2D eigenvalue weighted by atomic mass is 79.9. The summed E-state index contributed by atoms with van der Waals surface area (Å²) in [5.41, 5.74) is -1.30. The third-order valence-electron chi connectivity index (χ3n) is 1.19. The van der Waals surface area contributed by atoms with Crippen molar-refractivity contribution in [2.24, 2.45) is 0 Å². The van der Waals surface area contributed by atoms with Crippen LogP contribution in [0.5, 0.6) is 0 Å². The Hall–Kier alpha value is -0.585. The van der Waals surface area contributed by atoms with Gasteiger partial charge in [-0.2, -0.15) is 4.39 Å². The molecule has 0 aromatic carbocycles. The van der Waals surface area contributed by atoms with Crippen molar-refractivity contribution in [3.05, 3.63) is 22.7 Å². The number of hydrogen-bond donors (Lipinski definition) is 0. The minimum absolute atomic E-state index is 0.109. The number of nitrogens with zero attached hydrogens (tertiary/aromatic N) is 1. The maximum absolute atomic E-state index is 12.4. The van der Waals surface area contributed by atoms with Crippen molar-refractivity contribution in [1.82, 2.24) is 4.98 Å². The quantitative estimate of drug-likeness (QED) is 0.417. The molecule has 0 fully saturated rings. The van der Waals surface area contributed by atoms with Crippen LogP contribution in [0.2, 0.25) is 0 Å². The second-order valence-electron chi connectivity index (χ2n) is 2.11. The molecule has 0 unspecified atom stereocenters. The fourth-order valence-corrected chi connectivity index (χ4v) is 1.02. The van der Waals surface area contributed by atoms with Crippen molar-refractivity contribution in [2.45, 2.75) is 0 Å². The second-order valence-corrected chi connectivity index (χ2v) is 3.02. The second kappa shape index (κ2) is 3.04. The molecule has 0 radical (unpaired) electrons. The lowest BCUT2D eigenvalue weighted by Crippen LogP contribution is -2.37. The summed E-state index contributed by atoms with van der Waals surface area (Å²) in [6.45, 7) is -5.32. The number of rotatable bonds is 1. The van der Waals surface area contributed by atoms with Crippen molar-refractivity contribution in [3.63, 3.8) is 0 Å². The smallest absolute Gasteiger partial charge is 0.445 e. The lowest BCUT2D eigenvalue weighted by Gasteiger charge is -2.14. The molecule has 0 amide bonds. The van der Waals surface area contributed by atoms with Crippen molar-refractivity contribution in [3.8, 4) is 0 Å². The van der Waals surface area contributed by atoms with Crippen LogP contribution in [0.15, 0.2) is 16.7 Å². The van der Waals surface area contributed by atoms with Crippen molar-refractivity contribution in [2.75, 3.05) is 0 Å². The molecule has 12 heavy (non-hydrogen) atoms. The van der Waals surface area contributed by atoms with Crippen LogP contribution in [0, 0.1) is 5.95 Å². The molecule has 1 rings (SSSR count). The van der Waals surface area contributed by atoms with E-state index in [9.17, 15) is 17.3 Å². The van der Waals surface area contributed by atoms with Gasteiger partial charge in [-0.25, -0.2) is 4.98 Å². The van der Waals surface area contributed by atoms with Crippen molar-refractivity contribution >= 4 is 28.4 Å². The fraction of sp³-hybridized carbons (Fsp3) is 0. The summed E-state index contributed by atoms with van der Waals surface area (Å²) in [5.74, 6) is -1.48. The van der Waals surface area contributed by atoms with Gasteiger partial charge in [0.1, 0.15) is 0 Å². The third-order valence-corrected chi connectivity index (χ3v) is 1.62. The van der Waals surface area contributed by atoms with Crippen LogP contribution in [0.25, 0.3) is 0 Å². The Morgan fingerprint density at radius 3 is 2.33 bits per heavy atom. The minimum Gasteiger partial charge on any atom is -0.445 e. The molecular formula is C5H2BBrF4N-. The summed E-state index contributed by atoms with van der Waals surface area (Å²) in [5, 5.41) is 0. The highest BCUT2D eigenvalue weighted by Gasteiger charge is 2.29. The van der Waals surface area contributed by atoms with Crippen LogP contribution in [-0.4, -0.2) is 12.0 Å². The SMILES string of the molecule is Fc1ncc(Br)cc1[B-](F)(F)F. The van der Waals surface area contributed by atoms with Gasteiger partial charge in [-0.05, 0) is 15.9 Å². The van der Waals surface area contributed by atoms with Gasteiger partial charge in [-0.3, -0.25) is 0 Å². The van der Waals surface area contributed by atoms with Crippen molar-refractivity contribution < 1.29 is 17.3 Å². The zero-order valence-electron chi connectivity index (χ0n) is 5.57. The molecule has 1 heterocycles. The summed E-state index contributed by atoms with van der Waals surface area (Å²) in [6.07, 6.45) is 0.973. The van der Waals surface area contributed by atoms with Crippen LogP contribution in [-0.2, 0) is 0 Å². The summed E-state index contributed by atoms with van der Waals surface area (Å²) in [6, 6.07) is 0.669. The van der Waals surface area contributed by atoms with Gasteiger partial charge < -0.3 is 12.9 Å². The molecule has 1 nitrogen and oxygen atoms in total. The number of halogens is 5. The normalized spacial score (nSPS) is 11.8. The Labute approximate surface area is 74.0 Å². The molecule has 0 atom stereocenters. The number of pyridine rings is 1. The van der Waals surface area contributed by atoms with Gasteiger partial charge in [0.05, 0.1) is 0 Å². The molecule has 1 aromatic heterocycles. The van der Waals surface area contributed by atoms with E-state index in [1.807, 2.05) is 0 Å². The Morgan fingerprint density at radius 1 is 1.33 bits per heavy atom. The molecule has 0 aliphatic heterocycles. The van der Waals surface area contributed by atoms with Gasteiger partial charge in [0.15, 0.2) is 5.95 Å². The average molecular weight is 243 g/mol. The Bertz CT molecular complexity index is 300. The molecule has 0 spiro atoms. The zero-order valence-corrected chi connectivity index (χ0v) is 7.16. The van der Waals surface area contributed by atoms with Crippen LogP contribution in [0.1, 0.15) is 0 Å². The minimum atomic E-state index is -5.32. The highest BCUT2D eigenvalue weighted by molar-refractivity contribution is 9.10. The lowest BCUT2D eigenvalue weighted by atomic mass is 9.81. The van der Waals surface area contributed by atoms with E-state index in [-0.39, 0.29) is 4.47 Å². The highest BCUT2D eigenvalue weighted by Crippen LogP contribution is 2.13. The first kappa shape index (κ1) is 9.50. The van der Waals surface area contributed by atoms with Gasteiger partial charge in [0, 0.05) is 10.7 Å². The van der Waals surface area contributed by atoms with Gasteiger partial charge in [-0.1, -0.05) is 11.5 Å². The molecule has 66 valence electrons. The standard InChI is InChI=1S/C5H2BBrF4N/c7-3-1-4(6(9,10)11)5(8)12-2-3/h1-2H/q-1. The topological polar surface area (TPSA) is 12.9 Å². The maximum atomic E-state index is 12.4. The summed E-state index contributed by atoms with van der Waals surface area (Å²) < 4.78 is 48.5.